The molecule has 16 heteroatoms. The third-order valence-corrected chi connectivity index (χ3v) is 13.3. The number of hydrazine groups is 2. The molecule has 372 valence electrons. The predicted octanol–water partition coefficient (Wildman–Crippen LogP) is 8.32. The van der Waals surface area contributed by atoms with Gasteiger partial charge in [-0.25, -0.2) is 0 Å². The number of nitrogens with one attached hydrogen (secondary N) is 6. The highest BCUT2D eigenvalue weighted by Gasteiger charge is 2.30. The van der Waals surface area contributed by atoms with E-state index in [4.69, 9.17) is 4.74 Å². The van der Waals surface area contributed by atoms with Crippen molar-refractivity contribution in [3.63, 3.8) is 0 Å². The number of carbonyl (C=O) groups excluding carboxylic acids is 5. The molecule has 0 fully saturated rings. The lowest BCUT2D eigenvalue weighted by Crippen LogP contribution is -2.52. The number of aliphatic carboxylic acids is 1. The maximum atomic E-state index is 13.8. The van der Waals surface area contributed by atoms with Gasteiger partial charge in [-0.3, -0.25) is 39.6 Å². The molecule has 7 N–H and O–H groups in total. The molecule has 2 aromatic carbocycles. The molecule has 0 radical (unpaired) electrons. The summed E-state index contributed by atoms with van der Waals surface area (Å²) in [6, 6.07) is 15.9. The van der Waals surface area contributed by atoms with E-state index in [-0.39, 0.29) is 18.7 Å². The van der Waals surface area contributed by atoms with Crippen molar-refractivity contribution in [2.45, 2.75) is 123 Å². The molecule has 69 heavy (non-hydrogen) atoms. The van der Waals surface area contributed by atoms with Gasteiger partial charge in [-0.2, -0.15) is 23.5 Å². The molecule has 4 amide bonds. The molecule has 0 bridgehead atoms. The topological polar surface area (TPSA) is 204 Å². The summed E-state index contributed by atoms with van der Waals surface area (Å²) in [5.41, 5.74) is 18.2. The molecular weight excluding hydrogens is 913 g/mol. The lowest BCUT2D eigenvalue weighted by molar-refractivity contribution is -0.142. The van der Waals surface area contributed by atoms with Crippen molar-refractivity contribution in [2.24, 2.45) is 0 Å². The van der Waals surface area contributed by atoms with Crippen LogP contribution in [0.2, 0.25) is 0 Å². The van der Waals surface area contributed by atoms with E-state index in [2.05, 4.69) is 77.4 Å². The molecule has 2 heterocycles. The van der Waals surface area contributed by atoms with Crippen LogP contribution in [0.5, 0.6) is 0 Å². The number of benzene rings is 2. The Morgan fingerprint density at radius 2 is 1.14 bits per heavy atom. The van der Waals surface area contributed by atoms with E-state index in [0.717, 1.165) is 49.1 Å². The fourth-order valence-electron chi connectivity index (χ4n) is 7.41. The first-order valence-electron chi connectivity index (χ1n) is 23.6. The zero-order valence-electron chi connectivity index (χ0n) is 40.6. The second-order valence-corrected chi connectivity index (χ2v) is 19.6. The van der Waals surface area contributed by atoms with Gasteiger partial charge in [0, 0.05) is 40.8 Å². The van der Waals surface area contributed by atoms with E-state index in [1.807, 2.05) is 25.1 Å². The van der Waals surface area contributed by atoms with Crippen LogP contribution in [0, 0.1) is 0 Å². The molecule has 0 aliphatic carbocycles. The standard InChI is InChI=1S/C53H70N6O8S2/c1-36(2)16-12-17-37(3)19-14-26-43-29-31-69-35-47(52(64)59-57-43)55-50(62)44(40-22-8-6-9-23-40)33-49(61)67-39(5)21-13-18-38(4)20-15-27-42-28-30-68-34-46(51(63)58-56-42)54-48(60)32-45(53(65)66)41-24-10-7-11-25-41/h6-11,16,19-25,28-29,44-47,56-57H,12-15,17-18,26-27,30-35H2,1-5H3,(H,54,60)(H,55,62)(H,58,63)(H,59,64)(H,65,66)/b37-19+,38-20+,39-21+,42-28-,43-29-/t44?,45?,46-,47-/m0/s1. The van der Waals surface area contributed by atoms with Crippen LogP contribution in [0.3, 0.4) is 0 Å². The molecule has 4 atom stereocenters. The van der Waals surface area contributed by atoms with Crippen LogP contribution >= 0.6 is 23.5 Å². The van der Waals surface area contributed by atoms with Gasteiger partial charge in [-0.1, -0.05) is 108 Å². The molecule has 2 aromatic rings. The Kier molecular flexibility index (Phi) is 24.6. The Bertz CT molecular complexity index is 2240. The highest BCUT2D eigenvalue weighted by Crippen LogP contribution is 2.24. The SMILES string of the molecule is CC(C)=CCC/C(C)=C/CC/C1=C/CSC[C@H](NC(=O)C(CC(=O)O/C(C)=C/CC/C(C)=C/CC/C2=C/CSC[C@H](NC(=O)CC(C(=O)O)c3ccccc3)C(=O)NN2)c2ccccc2)C(=O)NN1. The summed E-state index contributed by atoms with van der Waals surface area (Å²) in [6.07, 6.45) is 18.3. The number of ether oxygens (including phenoxy) is 1. The Balaban J connectivity index is 1.20. The number of allylic oxidation sites excluding steroid dienone is 10. The average molecular weight is 983 g/mol. The highest BCUT2D eigenvalue weighted by atomic mass is 32.2. The summed E-state index contributed by atoms with van der Waals surface area (Å²) in [4.78, 5) is 78.2. The number of hydrogen-bond acceptors (Lipinski definition) is 11. The first-order valence-corrected chi connectivity index (χ1v) is 25.9. The van der Waals surface area contributed by atoms with Gasteiger partial charge in [-0.15, -0.1) is 0 Å². The third-order valence-electron chi connectivity index (χ3n) is 11.4. The normalized spacial score (nSPS) is 19.6. The Hall–Kier alpha value is -6.00. The summed E-state index contributed by atoms with van der Waals surface area (Å²) in [5.74, 6) is -2.92. The second kappa shape index (κ2) is 30.5. The average Bonchev–Trinajstić information content (AvgIpc) is 3.45. The van der Waals surface area contributed by atoms with Crippen LogP contribution in [-0.4, -0.2) is 75.8 Å². The quantitative estimate of drug-likeness (QED) is 0.0319. The van der Waals surface area contributed by atoms with Gasteiger partial charge in [0.05, 0.1) is 18.3 Å². The Labute approximate surface area is 416 Å². The number of esters is 1. The van der Waals surface area contributed by atoms with Crippen LogP contribution in [0.1, 0.15) is 122 Å². The number of rotatable bonds is 23. The number of carboxylic acids is 1. The van der Waals surface area contributed by atoms with Crippen LogP contribution in [0.25, 0.3) is 0 Å². The Morgan fingerprint density at radius 3 is 1.65 bits per heavy atom. The van der Waals surface area contributed by atoms with Crippen molar-refractivity contribution >= 4 is 59.1 Å². The largest absolute Gasteiger partial charge is 0.481 e. The summed E-state index contributed by atoms with van der Waals surface area (Å²) >= 11 is 3.04. The first-order chi connectivity index (χ1) is 33.2. The van der Waals surface area contributed by atoms with E-state index in [0.29, 0.717) is 59.2 Å². The van der Waals surface area contributed by atoms with E-state index in [9.17, 15) is 33.9 Å². The Morgan fingerprint density at radius 1 is 0.652 bits per heavy atom. The van der Waals surface area contributed by atoms with Crippen molar-refractivity contribution < 1.29 is 38.6 Å². The van der Waals surface area contributed by atoms with Gasteiger partial charge >= 0.3 is 11.9 Å². The molecule has 0 aromatic heterocycles. The van der Waals surface area contributed by atoms with Crippen molar-refractivity contribution in [1.29, 1.82) is 0 Å². The molecule has 0 saturated heterocycles. The first kappa shape index (κ1) is 55.6. The van der Waals surface area contributed by atoms with Crippen molar-refractivity contribution in [3.05, 3.63) is 142 Å². The van der Waals surface area contributed by atoms with E-state index in [1.165, 1.54) is 22.9 Å². The molecule has 4 rings (SSSR count). The van der Waals surface area contributed by atoms with Crippen molar-refractivity contribution in [2.75, 3.05) is 23.0 Å². The van der Waals surface area contributed by atoms with Crippen molar-refractivity contribution in [3.8, 4) is 0 Å². The second-order valence-electron chi connectivity index (χ2n) is 17.4. The molecule has 0 spiro atoms. The molecular formula is C53H70N6O8S2. The van der Waals surface area contributed by atoms with Crippen LogP contribution < -0.4 is 32.3 Å². The number of thioether (sulfide) groups is 2. The van der Waals surface area contributed by atoms with Gasteiger partial charge in [0.2, 0.25) is 11.8 Å². The fraction of sp³-hybridized carbons (Fsp3) is 0.434. The smallest absolute Gasteiger partial charge is 0.311 e. The molecule has 2 aliphatic rings. The van der Waals surface area contributed by atoms with Crippen LogP contribution in [0.15, 0.2) is 131 Å². The summed E-state index contributed by atoms with van der Waals surface area (Å²) in [5, 5.41) is 15.3. The fourth-order valence-corrected chi connectivity index (χ4v) is 9.26. The summed E-state index contributed by atoms with van der Waals surface area (Å²) in [7, 11) is 0. The maximum absolute atomic E-state index is 13.8. The molecule has 14 nitrogen and oxygen atoms in total. The number of carboxylic acid groups (broad SMARTS) is 1. The van der Waals surface area contributed by atoms with E-state index < -0.39 is 53.6 Å². The van der Waals surface area contributed by atoms with Crippen molar-refractivity contribution in [1.82, 2.24) is 32.3 Å². The number of amides is 4. The predicted molar refractivity (Wildman–Crippen MR) is 276 cm³/mol. The molecule has 2 aliphatic heterocycles. The minimum atomic E-state index is -1.11. The third kappa shape index (κ3) is 21.5. The van der Waals surface area contributed by atoms with E-state index >= 15 is 0 Å². The summed E-state index contributed by atoms with van der Waals surface area (Å²) in [6.45, 7) is 10.1. The summed E-state index contributed by atoms with van der Waals surface area (Å²) < 4.78 is 5.68. The van der Waals surface area contributed by atoms with Gasteiger partial charge in [0.15, 0.2) is 0 Å². The van der Waals surface area contributed by atoms with Gasteiger partial charge < -0.3 is 31.3 Å². The van der Waals surface area contributed by atoms with Gasteiger partial charge in [-0.05, 0) is 103 Å². The van der Waals surface area contributed by atoms with Crippen LogP contribution in [-0.2, 0) is 33.5 Å². The maximum Gasteiger partial charge on any atom is 0.311 e. The minimum Gasteiger partial charge on any atom is -0.481 e. The molecule has 2 unspecified atom stereocenters. The highest BCUT2D eigenvalue weighted by molar-refractivity contribution is 7.99. The zero-order chi connectivity index (χ0) is 50.0. The minimum absolute atomic E-state index is 0.216. The van der Waals surface area contributed by atoms with Gasteiger partial charge in [0.1, 0.15) is 17.8 Å². The zero-order valence-corrected chi connectivity index (χ0v) is 42.2. The van der Waals surface area contributed by atoms with Gasteiger partial charge in [0.25, 0.3) is 11.8 Å². The number of hydrogen-bond donors (Lipinski definition) is 7. The van der Waals surface area contributed by atoms with Crippen LogP contribution in [0.4, 0.5) is 0 Å². The monoisotopic (exact) mass is 982 g/mol. The lowest BCUT2D eigenvalue weighted by atomic mass is 9.94. The number of carbonyl (C=O) groups is 6. The lowest BCUT2D eigenvalue weighted by Gasteiger charge is -2.22. The van der Waals surface area contributed by atoms with E-state index in [1.54, 1.807) is 73.3 Å². The molecule has 0 saturated carbocycles.